The molecular formula is C15H24N2O2. The van der Waals surface area contributed by atoms with E-state index >= 15 is 0 Å². The van der Waals surface area contributed by atoms with Gasteiger partial charge >= 0.3 is 0 Å². The fourth-order valence-corrected chi connectivity index (χ4v) is 1.86. The zero-order valence-corrected chi connectivity index (χ0v) is 12.2. The second kappa shape index (κ2) is 6.57. The van der Waals surface area contributed by atoms with Gasteiger partial charge in [-0.25, -0.2) is 0 Å². The Labute approximate surface area is 115 Å². The Morgan fingerprint density at radius 1 is 1.42 bits per heavy atom. The summed E-state index contributed by atoms with van der Waals surface area (Å²) in [5, 5.41) is 2.86. The van der Waals surface area contributed by atoms with Crippen LogP contribution in [-0.4, -0.2) is 25.1 Å². The van der Waals surface area contributed by atoms with Gasteiger partial charge in [0.25, 0.3) is 0 Å². The van der Waals surface area contributed by atoms with Crippen LogP contribution in [0.2, 0.25) is 0 Å². The van der Waals surface area contributed by atoms with E-state index in [2.05, 4.69) is 5.32 Å². The normalized spacial score (nSPS) is 12.9. The second-order valence-electron chi connectivity index (χ2n) is 5.61. The highest BCUT2D eigenvalue weighted by Crippen LogP contribution is 2.28. The molecule has 0 spiro atoms. The van der Waals surface area contributed by atoms with Crippen LogP contribution in [0.5, 0.6) is 5.75 Å². The molecule has 0 bridgehead atoms. The monoisotopic (exact) mass is 264 g/mol. The van der Waals surface area contributed by atoms with Crippen molar-refractivity contribution in [3.63, 3.8) is 0 Å². The summed E-state index contributed by atoms with van der Waals surface area (Å²) in [6.07, 6.45) is 0.427. The number of benzene rings is 1. The van der Waals surface area contributed by atoms with Crippen LogP contribution in [0.15, 0.2) is 24.3 Å². The van der Waals surface area contributed by atoms with Crippen LogP contribution < -0.4 is 15.8 Å². The molecule has 1 aromatic carbocycles. The number of amides is 1. The Morgan fingerprint density at radius 2 is 2.05 bits per heavy atom. The maximum Gasteiger partial charge on any atom is 0.220 e. The average molecular weight is 264 g/mol. The predicted molar refractivity (Wildman–Crippen MR) is 77.3 cm³/mol. The highest BCUT2D eigenvalue weighted by Gasteiger charge is 2.17. The number of para-hydroxylation sites is 1. The van der Waals surface area contributed by atoms with Crippen LogP contribution >= 0.6 is 0 Å². The number of hydrogen-bond acceptors (Lipinski definition) is 3. The van der Waals surface area contributed by atoms with E-state index in [0.29, 0.717) is 13.0 Å². The van der Waals surface area contributed by atoms with Crippen molar-refractivity contribution in [3.05, 3.63) is 29.8 Å². The Bertz CT molecular complexity index is 424. The molecule has 0 aromatic heterocycles. The fraction of sp³-hybridized carbons (Fsp3) is 0.533. The van der Waals surface area contributed by atoms with Crippen molar-refractivity contribution in [3.8, 4) is 5.75 Å². The van der Waals surface area contributed by atoms with Gasteiger partial charge in [-0.2, -0.15) is 0 Å². The molecule has 1 atom stereocenters. The first-order valence-electron chi connectivity index (χ1n) is 6.52. The van der Waals surface area contributed by atoms with Gasteiger partial charge in [-0.3, -0.25) is 4.79 Å². The topological polar surface area (TPSA) is 64.3 Å². The quantitative estimate of drug-likeness (QED) is 0.826. The summed E-state index contributed by atoms with van der Waals surface area (Å²) in [5.74, 6) is 0.941. The SMILES string of the molecule is COc1ccccc1C(C)CC(=O)NCC(C)(C)N. The van der Waals surface area contributed by atoms with Crippen LogP contribution in [0.4, 0.5) is 0 Å². The molecule has 0 heterocycles. The third kappa shape index (κ3) is 5.30. The average Bonchev–Trinajstić information content (AvgIpc) is 2.35. The first-order valence-corrected chi connectivity index (χ1v) is 6.52. The molecule has 1 unspecified atom stereocenters. The van der Waals surface area contributed by atoms with E-state index in [1.807, 2.05) is 45.0 Å². The van der Waals surface area contributed by atoms with E-state index < -0.39 is 0 Å². The van der Waals surface area contributed by atoms with Gasteiger partial charge < -0.3 is 15.8 Å². The van der Waals surface area contributed by atoms with E-state index in [4.69, 9.17) is 10.5 Å². The highest BCUT2D eigenvalue weighted by molar-refractivity contribution is 5.77. The van der Waals surface area contributed by atoms with E-state index in [-0.39, 0.29) is 17.4 Å². The lowest BCUT2D eigenvalue weighted by Gasteiger charge is -2.20. The molecule has 0 aliphatic rings. The number of methoxy groups -OCH3 is 1. The van der Waals surface area contributed by atoms with Crippen LogP contribution in [-0.2, 0) is 4.79 Å². The standard InChI is InChI=1S/C15H24N2O2/c1-11(9-14(18)17-10-15(2,3)16)12-7-5-6-8-13(12)19-4/h5-8,11H,9-10,16H2,1-4H3,(H,17,18). The molecule has 0 aliphatic heterocycles. The maximum absolute atomic E-state index is 11.9. The van der Waals surface area contributed by atoms with Gasteiger partial charge in [0.1, 0.15) is 5.75 Å². The lowest BCUT2D eigenvalue weighted by Crippen LogP contribution is -2.45. The molecule has 0 saturated carbocycles. The van der Waals surface area contributed by atoms with Gasteiger partial charge in [-0.15, -0.1) is 0 Å². The van der Waals surface area contributed by atoms with E-state index in [1.54, 1.807) is 7.11 Å². The van der Waals surface area contributed by atoms with Crippen LogP contribution in [0.1, 0.15) is 38.7 Å². The molecule has 1 aromatic rings. The van der Waals surface area contributed by atoms with Gasteiger partial charge in [0, 0.05) is 18.5 Å². The minimum atomic E-state index is -0.386. The lowest BCUT2D eigenvalue weighted by atomic mass is 9.96. The zero-order valence-electron chi connectivity index (χ0n) is 12.2. The number of carbonyl (C=O) groups is 1. The summed E-state index contributed by atoms with van der Waals surface area (Å²) in [5.41, 5.74) is 6.50. The Morgan fingerprint density at radius 3 is 2.63 bits per heavy atom. The summed E-state index contributed by atoms with van der Waals surface area (Å²) in [6.45, 7) is 6.27. The van der Waals surface area contributed by atoms with Gasteiger partial charge in [-0.05, 0) is 31.4 Å². The molecule has 4 nitrogen and oxygen atoms in total. The second-order valence-corrected chi connectivity index (χ2v) is 5.61. The minimum Gasteiger partial charge on any atom is -0.496 e. The Kier molecular flexibility index (Phi) is 5.36. The number of carbonyl (C=O) groups excluding carboxylic acids is 1. The van der Waals surface area contributed by atoms with Gasteiger partial charge in [0.2, 0.25) is 5.91 Å². The fourth-order valence-electron chi connectivity index (χ4n) is 1.86. The molecule has 1 amide bonds. The lowest BCUT2D eigenvalue weighted by molar-refractivity contribution is -0.121. The maximum atomic E-state index is 11.9. The summed E-state index contributed by atoms with van der Waals surface area (Å²) in [4.78, 5) is 11.9. The largest absolute Gasteiger partial charge is 0.496 e. The van der Waals surface area contributed by atoms with E-state index in [0.717, 1.165) is 11.3 Å². The van der Waals surface area contributed by atoms with Crippen LogP contribution in [0.25, 0.3) is 0 Å². The van der Waals surface area contributed by atoms with Crippen LogP contribution in [0, 0.1) is 0 Å². The summed E-state index contributed by atoms with van der Waals surface area (Å²) >= 11 is 0. The minimum absolute atomic E-state index is 0.0110. The number of nitrogens with one attached hydrogen (secondary N) is 1. The Hall–Kier alpha value is -1.55. The molecule has 3 N–H and O–H groups in total. The number of nitrogens with two attached hydrogens (primary N) is 1. The molecular weight excluding hydrogens is 240 g/mol. The van der Waals surface area contributed by atoms with Gasteiger partial charge in [0.15, 0.2) is 0 Å². The molecule has 19 heavy (non-hydrogen) atoms. The van der Waals surface area contributed by atoms with Crippen molar-refractivity contribution >= 4 is 5.91 Å². The van der Waals surface area contributed by atoms with Crippen molar-refractivity contribution in [2.45, 2.75) is 38.6 Å². The third-order valence-corrected chi connectivity index (χ3v) is 2.90. The molecule has 0 aliphatic carbocycles. The molecule has 1 rings (SSSR count). The third-order valence-electron chi connectivity index (χ3n) is 2.90. The van der Waals surface area contributed by atoms with Gasteiger partial charge in [-0.1, -0.05) is 25.1 Å². The molecule has 0 radical (unpaired) electrons. The first-order chi connectivity index (χ1) is 8.83. The molecule has 106 valence electrons. The number of ether oxygens (including phenoxy) is 1. The molecule has 0 fully saturated rings. The summed E-state index contributed by atoms with van der Waals surface area (Å²) in [7, 11) is 1.64. The number of rotatable bonds is 6. The van der Waals surface area contributed by atoms with Crippen molar-refractivity contribution in [1.29, 1.82) is 0 Å². The van der Waals surface area contributed by atoms with Crippen molar-refractivity contribution in [2.24, 2.45) is 5.73 Å². The van der Waals surface area contributed by atoms with Crippen molar-refractivity contribution in [1.82, 2.24) is 5.32 Å². The van der Waals surface area contributed by atoms with Crippen molar-refractivity contribution < 1.29 is 9.53 Å². The summed E-state index contributed by atoms with van der Waals surface area (Å²) < 4.78 is 5.31. The van der Waals surface area contributed by atoms with E-state index in [9.17, 15) is 4.79 Å². The highest BCUT2D eigenvalue weighted by atomic mass is 16.5. The first kappa shape index (κ1) is 15.5. The Balaban J connectivity index is 2.59. The van der Waals surface area contributed by atoms with Crippen molar-refractivity contribution in [2.75, 3.05) is 13.7 Å². The molecule has 0 saturated heterocycles. The molecule has 4 heteroatoms. The smallest absolute Gasteiger partial charge is 0.220 e. The van der Waals surface area contributed by atoms with Crippen LogP contribution in [0.3, 0.4) is 0 Å². The number of hydrogen-bond donors (Lipinski definition) is 2. The zero-order chi connectivity index (χ0) is 14.5. The van der Waals surface area contributed by atoms with Gasteiger partial charge in [0.05, 0.1) is 7.11 Å². The van der Waals surface area contributed by atoms with E-state index in [1.165, 1.54) is 0 Å². The summed E-state index contributed by atoms with van der Waals surface area (Å²) in [6, 6.07) is 7.78. The predicted octanol–water partition coefficient (Wildman–Crippen LogP) is 2.04.